The van der Waals surface area contributed by atoms with Gasteiger partial charge in [0, 0.05) is 24.5 Å². The molecule has 0 unspecified atom stereocenters. The van der Waals surface area contributed by atoms with Crippen LogP contribution in [0.15, 0.2) is 59.6 Å². The summed E-state index contributed by atoms with van der Waals surface area (Å²) < 4.78 is 1.25. The number of hydrogen-bond donors (Lipinski definition) is 0. The minimum atomic E-state index is 0.823. The van der Waals surface area contributed by atoms with Gasteiger partial charge in [0.15, 0.2) is 0 Å². The molecule has 164 valence electrons. The zero-order chi connectivity index (χ0) is 22.8. The maximum atomic E-state index is 4.74. The van der Waals surface area contributed by atoms with E-state index in [1.165, 1.54) is 38.2 Å². The van der Waals surface area contributed by atoms with Crippen molar-refractivity contribution in [3.8, 4) is 0 Å². The summed E-state index contributed by atoms with van der Waals surface area (Å²) in [4.78, 5) is 11.9. The van der Waals surface area contributed by atoms with Crippen LogP contribution in [0.3, 0.4) is 0 Å². The summed E-state index contributed by atoms with van der Waals surface area (Å²) in [6.45, 7) is 14.3. The van der Waals surface area contributed by atoms with Crippen LogP contribution in [0.5, 0.6) is 0 Å². The van der Waals surface area contributed by atoms with Gasteiger partial charge in [0.1, 0.15) is 0 Å². The monoisotopic (exact) mass is 441 g/mol. The first-order valence-corrected chi connectivity index (χ1v) is 11.9. The molecule has 3 nitrogen and oxygen atoms in total. The Bertz CT molecular complexity index is 1300. The van der Waals surface area contributed by atoms with Crippen LogP contribution in [0.1, 0.15) is 46.7 Å². The highest BCUT2D eigenvalue weighted by Gasteiger charge is 2.14. The van der Waals surface area contributed by atoms with Gasteiger partial charge in [-0.15, -0.1) is 11.3 Å². The molecule has 0 aliphatic heterocycles. The summed E-state index contributed by atoms with van der Waals surface area (Å²) in [5.41, 5.74) is 10.9. The van der Waals surface area contributed by atoms with Crippen LogP contribution in [-0.2, 0) is 13.1 Å². The molecule has 0 atom stereocenters. The van der Waals surface area contributed by atoms with Crippen LogP contribution in [0.25, 0.3) is 10.2 Å². The summed E-state index contributed by atoms with van der Waals surface area (Å²) in [7, 11) is 0. The van der Waals surface area contributed by atoms with Gasteiger partial charge >= 0.3 is 0 Å². The molecule has 4 rings (SSSR count). The van der Waals surface area contributed by atoms with Crippen molar-refractivity contribution in [2.24, 2.45) is 4.99 Å². The Hall–Kier alpha value is -2.98. The fourth-order valence-electron chi connectivity index (χ4n) is 4.05. The van der Waals surface area contributed by atoms with Gasteiger partial charge in [-0.1, -0.05) is 30.3 Å². The van der Waals surface area contributed by atoms with E-state index in [1.807, 2.05) is 13.8 Å². The van der Waals surface area contributed by atoms with Gasteiger partial charge in [0.2, 0.25) is 0 Å². The molecule has 0 radical (unpaired) electrons. The molecule has 4 heteroatoms. The topological polar surface area (TPSA) is 28.5 Å². The number of rotatable bonds is 6. The Balaban J connectivity index is 1.72. The third kappa shape index (κ3) is 4.91. The molecule has 4 aromatic rings. The third-order valence-electron chi connectivity index (χ3n) is 5.84. The van der Waals surface area contributed by atoms with Crippen LogP contribution in [0.4, 0.5) is 11.4 Å². The van der Waals surface area contributed by atoms with Crippen LogP contribution < -0.4 is 4.90 Å². The molecule has 0 N–H and O–H groups in total. The average molecular weight is 442 g/mol. The predicted octanol–water partition coefficient (Wildman–Crippen LogP) is 7.85. The molecule has 0 fully saturated rings. The standard InChI is InChI=1S/C28H31N3S/c1-18(2)29-25-14-23(11-10-20(25)4)16-31(27-9-7-8-19(3)21(27)5)17-24-12-13-28-26(15-24)30-22(6)32-28/h7-15H,16-17H2,1-6H3. The van der Waals surface area contributed by atoms with E-state index in [4.69, 9.17) is 9.98 Å². The molecular formula is C28H31N3S. The summed E-state index contributed by atoms with van der Waals surface area (Å²) in [5.74, 6) is 0. The van der Waals surface area contributed by atoms with Gasteiger partial charge in [0.05, 0.1) is 20.9 Å². The maximum absolute atomic E-state index is 4.74. The first-order chi connectivity index (χ1) is 15.3. The van der Waals surface area contributed by atoms with E-state index >= 15 is 0 Å². The molecule has 0 saturated heterocycles. The van der Waals surface area contributed by atoms with Crippen molar-refractivity contribution < 1.29 is 0 Å². The number of aromatic nitrogens is 1. The summed E-state index contributed by atoms with van der Waals surface area (Å²) in [6.07, 6.45) is 0. The Morgan fingerprint density at radius 1 is 0.875 bits per heavy atom. The molecule has 0 aliphatic carbocycles. The van der Waals surface area contributed by atoms with Crippen molar-refractivity contribution >= 4 is 38.6 Å². The highest BCUT2D eigenvalue weighted by molar-refractivity contribution is 7.18. The Morgan fingerprint density at radius 2 is 1.59 bits per heavy atom. The number of anilines is 1. The van der Waals surface area contributed by atoms with Gasteiger partial charge in [0.25, 0.3) is 0 Å². The Labute approximate surface area is 195 Å². The van der Waals surface area contributed by atoms with Crippen molar-refractivity contribution in [2.45, 2.75) is 54.6 Å². The normalized spacial score (nSPS) is 11.1. The maximum Gasteiger partial charge on any atom is 0.0907 e. The van der Waals surface area contributed by atoms with Crippen molar-refractivity contribution in [3.63, 3.8) is 0 Å². The Kier molecular flexibility index (Phi) is 6.43. The van der Waals surface area contributed by atoms with Crippen LogP contribution in [0.2, 0.25) is 0 Å². The van der Waals surface area contributed by atoms with Crippen molar-refractivity contribution in [3.05, 3.63) is 87.4 Å². The lowest BCUT2D eigenvalue weighted by atomic mass is 10.0. The van der Waals surface area contributed by atoms with Gasteiger partial charge in [-0.25, -0.2) is 4.98 Å². The second-order valence-corrected chi connectivity index (χ2v) is 10.0. The number of hydrogen-bond acceptors (Lipinski definition) is 4. The molecular weight excluding hydrogens is 410 g/mol. The number of aliphatic imine (C=N–C) groups is 1. The number of benzene rings is 3. The minimum Gasteiger partial charge on any atom is -0.363 e. The summed E-state index contributed by atoms with van der Waals surface area (Å²) >= 11 is 1.75. The number of nitrogens with zero attached hydrogens (tertiary/aromatic N) is 3. The lowest BCUT2D eigenvalue weighted by molar-refractivity contribution is 0.796. The van der Waals surface area contributed by atoms with Gasteiger partial charge in [-0.2, -0.15) is 0 Å². The fraction of sp³-hybridized carbons (Fsp3) is 0.286. The van der Waals surface area contributed by atoms with E-state index in [0.717, 1.165) is 35.0 Å². The third-order valence-corrected chi connectivity index (χ3v) is 6.79. The molecule has 0 spiro atoms. The zero-order valence-corrected chi connectivity index (χ0v) is 20.7. The largest absolute Gasteiger partial charge is 0.363 e. The molecule has 32 heavy (non-hydrogen) atoms. The highest BCUT2D eigenvalue weighted by Crippen LogP contribution is 2.29. The minimum absolute atomic E-state index is 0.823. The summed E-state index contributed by atoms with van der Waals surface area (Å²) in [6, 6.07) is 19.9. The molecule has 1 aromatic heterocycles. The van der Waals surface area contributed by atoms with Crippen molar-refractivity contribution in [1.82, 2.24) is 4.98 Å². The average Bonchev–Trinajstić information content (AvgIpc) is 3.11. The molecule has 0 bridgehead atoms. The van der Waals surface area contributed by atoms with E-state index in [-0.39, 0.29) is 0 Å². The van der Waals surface area contributed by atoms with Crippen molar-refractivity contribution in [2.75, 3.05) is 4.90 Å². The van der Waals surface area contributed by atoms with E-state index in [0.29, 0.717) is 0 Å². The Morgan fingerprint density at radius 3 is 2.34 bits per heavy atom. The number of aryl methyl sites for hydroxylation is 3. The fourth-order valence-corrected chi connectivity index (χ4v) is 4.85. The van der Waals surface area contributed by atoms with E-state index in [1.54, 1.807) is 11.3 Å². The van der Waals surface area contributed by atoms with Crippen molar-refractivity contribution in [1.29, 1.82) is 0 Å². The van der Waals surface area contributed by atoms with Crippen LogP contribution >= 0.6 is 11.3 Å². The van der Waals surface area contributed by atoms with Gasteiger partial charge in [-0.05, 0) is 93.6 Å². The second kappa shape index (κ2) is 9.25. The number of thiazole rings is 1. The number of fused-ring (bicyclic) bond motifs is 1. The highest BCUT2D eigenvalue weighted by atomic mass is 32.1. The zero-order valence-electron chi connectivity index (χ0n) is 19.9. The van der Waals surface area contributed by atoms with Gasteiger partial charge in [-0.3, -0.25) is 4.99 Å². The van der Waals surface area contributed by atoms with E-state index in [2.05, 4.69) is 87.2 Å². The molecule has 3 aromatic carbocycles. The molecule has 0 amide bonds. The smallest absolute Gasteiger partial charge is 0.0907 e. The molecule has 0 aliphatic rings. The first-order valence-electron chi connectivity index (χ1n) is 11.1. The second-order valence-electron chi connectivity index (χ2n) is 8.79. The first kappa shape index (κ1) is 22.2. The quantitative estimate of drug-likeness (QED) is 0.285. The van der Waals surface area contributed by atoms with Crippen LogP contribution in [-0.4, -0.2) is 10.7 Å². The lowest BCUT2D eigenvalue weighted by Crippen LogP contribution is -2.23. The van der Waals surface area contributed by atoms with Gasteiger partial charge < -0.3 is 4.90 Å². The lowest BCUT2D eigenvalue weighted by Gasteiger charge is -2.28. The van der Waals surface area contributed by atoms with E-state index < -0.39 is 0 Å². The SMILES string of the molecule is CC(C)=Nc1cc(CN(Cc2ccc3sc(C)nc3c2)c2cccc(C)c2C)ccc1C. The van der Waals surface area contributed by atoms with E-state index in [9.17, 15) is 0 Å². The molecule has 0 saturated carbocycles. The molecule has 1 heterocycles. The van der Waals surface area contributed by atoms with Crippen LogP contribution in [0, 0.1) is 27.7 Å². The summed E-state index contributed by atoms with van der Waals surface area (Å²) in [5, 5.41) is 1.11. The predicted molar refractivity (Wildman–Crippen MR) is 140 cm³/mol.